The van der Waals surface area contributed by atoms with Gasteiger partial charge in [-0.3, -0.25) is 19.5 Å². The van der Waals surface area contributed by atoms with Gasteiger partial charge in [-0.05, 0) is 49.8 Å². The molecule has 1 aromatic heterocycles. The Morgan fingerprint density at radius 3 is 2.35 bits per heavy atom. The Hall–Kier alpha value is -2.77. The van der Waals surface area contributed by atoms with Crippen LogP contribution in [-0.4, -0.2) is 90.0 Å². The minimum atomic E-state index is -0.117. The second kappa shape index (κ2) is 11.6. The van der Waals surface area contributed by atoms with Gasteiger partial charge in [0.1, 0.15) is 5.69 Å². The highest BCUT2D eigenvalue weighted by Crippen LogP contribution is 2.28. The van der Waals surface area contributed by atoms with Crippen LogP contribution in [0, 0.1) is 5.92 Å². The van der Waals surface area contributed by atoms with E-state index < -0.39 is 0 Å². The van der Waals surface area contributed by atoms with E-state index in [1.54, 1.807) is 12.3 Å². The van der Waals surface area contributed by atoms with E-state index in [-0.39, 0.29) is 23.9 Å². The van der Waals surface area contributed by atoms with Crippen LogP contribution in [0.3, 0.4) is 0 Å². The number of likely N-dealkylation sites (N-methyl/N-ethyl adjacent to an activating group) is 1. The Morgan fingerprint density at radius 2 is 1.71 bits per heavy atom. The first-order chi connectivity index (χ1) is 16.5. The summed E-state index contributed by atoms with van der Waals surface area (Å²) in [4.78, 5) is 36.8. The monoisotopic (exact) mass is 464 g/mol. The zero-order chi connectivity index (χ0) is 23.9. The molecule has 1 aromatic carbocycles. The average molecular weight is 465 g/mol. The van der Waals surface area contributed by atoms with Gasteiger partial charge >= 0.3 is 0 Å². The number of hydrogen-bond acceptors (Lipinski definition) is 5. The molecular weight excluding hydrogens is 428 g/mol. The van der Waals surface area contributed by atoms with Crippen molar-refractivity contribution >= 4 is 11.8 Å². The number of piperidine rings is 1. The predicted octanol–water partition coefficient (Wildman–Crippen LogP) is 2.72. The minimum absolute atomic E-state index is 0.0471. The summed E-state index contributed by atoms with van der Waals surface area (Å²) >= 11 is 0. The number of aromatic nitrogens is 1. The zero-order valence-corrected chi connectivity index (χ0v) is 20.3. The van der Waals surface area contributed by atoms with Crippen molar-refractivity contribution in [2.45, 2.75) is 38.3 Å². The van der Waals surface area contributed by atoms with Crippen LogP contribution in [0.4, 0.5) is 0 Å². The fourth-order valence-electron chi connectivity index (χ4n) is 5.19. The first kappa shape index (κ1) is 24.4. The molecule has 2 amide bonds. The summed E-state index contributed by atoms with van der Waals surface area (Å²) in [6.45, 7) is 6.47. The van der Waals surface area contributed by atoms with Crippen molar-refractivity contribution in [3.63, 3.8) is 0 Å². The van der Waals surface area contributed by atoms with Crippen LogP contribution < -0.4 is 0 Å². The van der Waals surface area contributed by atoms with Gasteiger partial charge in [0.25, 0.3) is 5.91 Å². The van der Waals surface area contributed by atoms with Crippen molar-refractivity contribution in [2.75, 3.05) is 46.4 Å². The molecule has 2 aromatic rings. The molecule has 0 spiro atoms. The Labute approximate surface area is 202 Å². The van der Waals surface area contributed by atoms with E-state index in [1.165, 1.54) is 5.56 Å². The molecule has 7 nitrogen and oxygen atoms in total. The van der Waals surface area contributed by atoms with Crippen LogP contribution in [0.25, 0.3) is 0 Å². The van der Waals surface area contributed by atoms with E-state index in [2.05, 4.69) is 22.0 Å². The number of pyridine rings is 1. The van der Waals surface area contributed by atoms with E-state index in [4.69, 9.17) is 4.74 Å². The molecule has 7 heteroatoms. The van der Waals surface area contributed by atoms with Gasteiger partial charge in [-0.15, -0.1) is 0 Å². The molecule has 2 aliphatic heterocycles. The molecule has 2 saturated heterocycles. The summed E-state index contributed by atoms with van der Waals surface area (Å²) in [6.07, 6.45) is 4.23. The molecule has 0 radical (unpaired) electrons. The van der Waals surface area contributed by atoms with E-state index in [0.29, 0.717) is 24.8 Å². The van der Waals surface area contributed by atoms with E-state index in [0.717, 1.165) is 45.4 Å². The van der Waals surface area contributed by atoms with E-state index in [9.17, 15) is 9.59 Å². The maximum absolute atomic E-state index is 13.2. The second-order valence-electron chi connectivity index (χ2n) is 9.38. The van der Waals surface area contributed by atoms with Crippen LogP contribution in [-0.2, 0) is 16.0 Å². The van der Waals surface area contributed by atoms with Gasteiger partial charge in [0.05, 0.1) is 19.3 Å². The van der Waals surface area contributed by atoms with Gasteiger partial charge in [-0.2, -0.15) is 0 Å². The molecule has 2 fully saturated rings. The van der Waals surface area contributed by atoms with Gasteiger partial charge in [0, 0.05) is 45.5 Å². The number of carbonyl (C=O) groups is 2. The summed E-state index contributed by atoms with van der Waals surface area (Å²) in [5.41, 5.74) is 1.68. The molecule has 2 aliphatic rings. The number of amides is 2. The summed E-state index contributed by atoms with van der Waals surface area (Å²) in [5, 5.41) is 0. The quantitative estimate of drug-likeness (QED) is 0.630. The maximum Gasteiger partial charge on any atom is 0.272 e. The van der Waals surface area contributed by atoms with Gasteiger partial charge in [0.15, 0.2) is 0 Å². The van der Waals surface area contributed by atoms with Crippen LogP contribution in [0.5, 0.6) is 0 Å². The smallest absolute Gasteiger partial charge is 0.272 e. The third-order valence-electron chi connectivity index (χ3n) is 7.34. The lowest BCUT2D eigenvalue weighted by Crippen LogP contribution is -2.54. The zero-order valence-electron chi connectivity index (χ0n) is 20.3. The molecule has 2 atom stereocenters. The number of carbonyl (C=O) groups excluding carboxylic acids is 2. The molecule has 3 heterocycles. The van der Waals surface area contributed by atoms with Crippen molar-refractivity contribution in [3.8, 4) is 0 Å². The number of nitrogens with zero attached hydrogens (tertiary/aromatic N) is 4. The van der Waals surface area contributed by atoms with Crippen LogP contribution >= 0.6 is 0 Å². The van der Waals surface area contributed by atoms with Gasteiger partial charge < -0.3 is 14.5 Å². The molecule has 0 bridgehead atoms. The SMILES string of the molecule is C[C@H](C(=O)N1CCC([C@H](Cc2ccccc2)N(C)C(=O)c2ccccn2)CC1)N1CCOCC1. The van der Waals surface area contributed by atoms with E-state index in [1.807, 2.05) is 54.1 Å². The fraction of sp³-hybridized carbons (Fsp3) is 0.519. The molecule has 182 valence electrons. The van der Waals surface area contributed by atoms with Crippen molar-refractivity contribution in [1.29, 1.82) is 0 Å². The number of benzene rings is 1. The number of likely N-dealkylation sites (tertiary alicyclic amines) is 1. The van der Waals surface area contributed by atoms with Gasteiger partial charge in [0.2, 0.25) is 5.91 Å². The highest BCUT2D eigenvalue weighted by atomic mass is 16.5. The summed E-state index contributed by atoms with van der Waals surface area (Å²) in [5.74, 6) is 0.472. The molecule has 4 rings (SSSR count). The fourth-order valence-corrected chi connectivity index (χ4v) is 5.19. The Balaban J connectivity index is 1.43. The third-order valence-corrected chi connectivity index (χ3v) is 7.34. The van der Waals surface area contributed by atoms with Crippen LogP contribution in [0.15, 0.2) is 54.7 Å². The lowest BCUT2D eigenvalue weighted by Gasteiger charge is -2.41. The lowest BCUT2D eigenvalue weighted by molar-refractivity contribution is -0.139. The molecule has 0 saturated carbocycles. The highest BCUT2D eigenvalue weighted by molar-refractivity contribution is 5.92. The molecule has 34 heavy (non-hydrogen) atoms. The normalized spacial score (nSPS) is 19.4. The van der Waals surface area contributed by atoms with Crippen LogP contribution in [0.2, 0.25) is 0 Å². The highest BCUT2D eigenvalue weighted by Gasteiger charge is 2.35. The number of morpholine rings is 1. The lowest BCUT2D eigenvalue weighted by atomic mass is 9.84. The van der Waals surface area contributed by atoms with Gasteiger partial charge in [-0.1, -0.05) is 36.4 Å². The Morgan fingerprint density at radius 1 is 1.03 bits per heavy atom. The number of ether oxygens (including phenoxy) is 1. The molecule has 0 N–H and O–H groups in total. The second-order valence-corrected chi connectivity index (χ2v) is 9.38. The largest absolute Gasteiger partial charge is 0.379 e. The summed E-state index contributed by atoms with van der Waals surface area (Å²) in [6, 6.07) is 15.7. The van der Waals surface area contributed by atoms with Crippen LogP contribution in [0.1, 0.15) is 35.8 Å². The molecular formula is C27H36N4O3. The topological polar surface area (TPSA) is 66.0 Å². The third kappa shape index (κ3) is 5.83. The van der Waals surface area contributed by atoms with Crippen molar-refractivity contribution < 1.29 is 14.3 Å². The maximum atomic E-state index is 13.2. The van der Waals surface area contributed by atoms with Crippen molar-refractivity contribution in [3.05, 3.63) is 66.0 Å². The average Bonchev–Trinajstić information content (AvgIpc) is 2.92. The Bertz CT molecular complexity index is 925. The van der Waals surface area contributed by atoms with E-state index >= 15 is 0 Å². The first-order valence-electron chi connectivity index (χ1n) is 12.4. The Kier molecular flexibility index (Phi) is 8.29. The number of hydrogen-bond donors (Lipinski definition) is 0. The van der Waals surface area contributed by atoms with Crippen molar-refractivity contribution in [1.82, 2.24) is 19.7 Å². The summed E-state index contributed by atoms with van der Waals surface area (Å²) < 4.78 is 5.43. The molecule has 0 aliphatic carbocycles. The van der Waals surface area contributed by atoms with Crippen molar-refractivity contribution in [2.24, 2.45) is 5.92 Å². The first-order valence-corrected chi connectivity index (χ1v) is 12.4. The predicted molar refractivity (Wildman–Crippen MR) is 131 cm³/mol. The standard InChI is InChI=1S/C27H36N4O3/c1-21(30-16-18-34-19-17-30)26(32)31-14-11-23(12-15-31)25(20-22-8-4-3-5-9-22)29(2)27(33)24-10-6-7-13-28-24/h3-10,13,21,23,25H,11-12,14-20H2,1-2H3/t21-,25+/m1/s1. The minimum Gasteiger partial charge on any atom is -0.379 e. The number of rotatable bonds is 7. The van der Waals surface area contributed by atoms with Gasteiger partial charge in [-0.25, -0.2) is 0 Å². The summed E-state index contributed by atoms with van der Waals surface area (Å²) in [7, 11) is 1.89. The molecule has 0 unspecified atom stereocenters.